The summed E-state index contributed by atoms with van der Waals surface area (Å²) < 4.78 is 19.9. The van der Waals surface area contributed by atoms with Gasteiger partial charge in [0, 0.05) is 23.4 Å². The van der Waals surface area contributed by atoms with Gasteiger partial charge in [-0.15, -0.1) is 0 Å². The Hall–Kier alpha value is -4.06. The van der Waals surface area contributed by atoms with Gasteiger partial charge in [0.2, 0.25) is 0 Å². The summed E-state index contributed by atoms with van der Waals surface area (Å²) in [5, 5.41) is 2.40. The molecule has 0 fully saturated rings. The molecule has 0 saturated heterocycles. The number of anilines is 1. The van der Waals surface area contributed by atoms with E-state index in [1.54, 1.807) is 19.5 Å². The van der Waals surface area contributed by atoms with Crippen LogP contribution in [0.1, 0.15) is 5.69 Å². The van der Waals surface area contributed by atoms with Gasteiger partial charge in [0.25, 0.3) is 0 Å². The number of pyridine rings is 3. The van der Waals surface area contributed by atoms with Gasteiger partial charge in [-0.05, 0) is 52.9 Å². The predicted molar refractivity (Wildman–Crippen MR) is 120 cm³/mol. The Morgan fingerprint density at radius 3 is 2.60 bits per heavy atom. The van der Waals surface area contributed by atoms with E-state index >= 15 is 0 Å². The fourth-order valence-corrected chi connectivity index (χ4v) is 3.55. The molecule has 0 radical (unpaired) electrons. The molecule has 4 aromatic rings. The maximum atomic E-state index is 14.4. The number of nitrogens with zero attached hydrogens (tertiary/aromatic N) is 3. The first-order valence-corrected chi connectivity index (χ1v) is 9.21. The summed E-state index contributed by atoms with van der Waals surface area (Å²) in [7, 11) is 1.59. The highest BCUT2D eigenvalue weighted by molar-refractivity contribution is 6.09. The molecule has 0 atom stereocenters. The number of hydrogen-bond acceptors (Lipinski definition) is 5. The van der Waals surface area contributed by atoms with Crippen molar-refractivity contribution in [3.05, 3.63) is 85.6 Å². The summed E-state index contributed by atoms with van der Waals surface area (Å²) in [5.74, 6) is 0.486. The van der Waals surface area contributed by atoms with Crippen LogP contribution in [0.3, 0.4) is 0 Å². The summed E-state index contributed by atoms with van der Waals surface area (Å²) in [6, 6.07) is 11.2. The Bertz CT molecular complexity index is 1340. The van der Waals surface area contributed by atoms with Gasteiger partial charge in [-0.2, -0.15) is 0 Å². The van der Waals surface area contributed by atoms with E-state index in [4.69, 9.17) is 10.5 Å². The topological polar surface area (TPSA) is 73.9 Å². The van der Waals surface area contributed by atoms with Gasteiger partial charge in [0.15, 0.2) is 5.65 Å². The molecule has 0 saturated carbocycles. The number of nitrogens with two attached hydrogens (primary N) is 1. The number of ether oxygens (including phenoxy) is 1. The van der Waals surface area contributed by atoms with Crippen LogP contribution in [0.25, 0.3) is 38.5 Å². The Labute approximate surface area is 173 Å². The molecule has 148 valence electrons. The molecular weight excluding hydrogens is 379 g/mol. The van der Waals surface area contributed by atoms with Crippen molar-refractivity contribution in [2.45, 2.75) is 0 Å². The number of hydrogen-bond donors (Lipinski definition) is 1. The van der Waals surface area contributed by atoms with E-state index in [1.807, 2.05) is 36.4 Å². The molecule has 1 aromatic carbocycles. The highest BCUT2D eigenvalue weighted by Crippen LogP contribution is 2.39. The smallest absolute Gasteiger partial charge is 0.160 e. The first kappa shape index (κ1) is 19.3. The van der Waals surface area contributed by atoms with Crippen LogP contribution < -0.4 is 10.5 Å². The van der Waals surface area contributed by atoms with Crippen LogP contribution in [0, 0.1) is 0 Å². The second-order valence-corrected chi connectivity index (χ2v) is 6.53. The molecule has 0 spiro atoms. The van der Waals surface area contributed by atoms with E-state index in [2.05, 4.69) is 28.1 Å². The van der Waals surface area contributed by atoms with Crippen molar-refractivity contribution in [3.63, 3.8) is 0 Å². The third-order valence-corrected chi connectivity index (χ3v) is 4.93. The number of methoxy groups -OCH3 is 1. The number of rotatable bonds is 5. The van der Waals surface area contributed by atoms with Gasteiger partial charge in [-0.1, -0.05) is 25.3 Å². The number of allylic oxidation sites excluding steroid dienone is 4. The lowest BCUT2D eigenvalue weighted by Gasteiger charge is -2.15. The van der Waals surface area contributed by atoms with Crippen LogP contribution in [0.4, 0.5) is 10.2 Å². The Kier molecular flexibility index (Phi) is 4.98. The van der Waals surface area contributed by atoms with Crippen molar-refractivity contribution in [2.24, 2.45) is 0 Å². The number of fused-ring (bicyclic) bond motifs is 2. The van der Waals surface area contributed by atoms with Crippen LogP contribution in [-0.4, -0.2) is 22.1 Å². The molecule has 0 bridgehead atoms. The van der Waals surface area contributed by atoms with Crippen molar-refractivity contribution in [3.8, 4) is 16.9 Å². The van der Waals surface area contributed by atoms with E-state index in [-0.39, 0.29) is 5.57 Å². The van der Waals surface area contributed by atoms with Crippen LogP contribution in [-0.2, 0) is 0 Å². The molecule has 4 rings (SSSR count). The minimum absolute atomic E-state index is 0.248. The largest absolute Gasteiger partial charge is 0.496 e. The SMILES string of the molecule is C=C/C(F)=C(\C=C)c1cc(-c2ccc(OC)c3c(N)nccc23)c2cccnc2n1. The first-order chi connectivity index (χ1) is 14.6. The average molecular weight is 398 g/mol. The maximum Gasteiger partial charge on any atom is 0.160 e. The normalized spacial score (nSPS) is 11.9. The van der Waals surface area contributed by atoms with Gasteiger partial charge >= 0.3 is 0 Å². The molecule has 3 aromatic heterocycles. The minimum atomic E-state index is -0.508. The lowest BCUT2D eigenvalue weighted by atomic mass is 9.94. The Morgan fingerprint density at radius 1 is 1.03 bits per heavy atom. The number of nitrogen functional groups attached to an aromatic ring is 1. The van der Waals surface area contributed by atoms with Gasteiger partial charge in [-0.3, -0.25) is 0 Å². The monoisotopic (exact) mass is 398 g/mol. The van der Waals surface area contributed by atoms with E-state index in [1.165, 1.54) is 6.08 Å². The van der Waals surface area contributed by atoms with Crippen molar-refractivity contribution in [1.82, 2.24) is 15.0 Å². The Balaban J connectivity index is 2.13. The van der Waals surface area contributed by atoms with Crippen molar-refractivity contribution in [1.29, 1.82) is 0 Å². The van der Waals surface area contributed by atoms with Crippen LogP contribution in [0.5, 0.6) is 5.75 Å². The molecule has 0 unspecified atom stereocenters. The highest BCUT2D eigenvalue weighted by atomic mass is 19.1. The fourth-order valence-electron chi connectivity index (χ4n) is 3.55. The van der Waals surface area contributed by atoms with Gasteiger partial charge in [0.1, 0.15) is 17.4 Å². The quantitative estimate of drug-likeness (QED) is 0.450. The molecule has 0 aliphatic carbocycles. The second kappa shape index (κ2) is 7.75. The predicted octanol–water partition coefficient (Wildman–Crippen LogP) is 5.49. The third kappa shape index (κ3) is 3.08. The van der Waals surface area contributed by atoms with Crippen molar-refractivity contribution < 1.29 is 9.13 Å². The van der Waals surface area contributed by atoms with E-state index in [9.17, 15) is 4.39 Å². The van der Waals surface area contributed by atoms with Gasteiger partial charge < -0.3 is 10.5 Å². The van der Waals surface area contributed by atoms with Crippen molar-refractivity contribution in [2.75, 3.05) is 12.8 Å². The molecule has 2 N–H and O–H groups in total. The third-order valence-electron chi connectivity index (χ3n) is 4.93. The van der Waals surface area contributed by atoms with Crippen LogP contribution >= 0.6 is 0 Å². The number of benzene rings is 1. The first-order valence-electron chi connectivity index (χ1n) is 9.21. The molecule has 0 aliphatic rings. The maximum absolute atomic E-state index is 14.4. The Morgan fingerprint density at radius 2 is 1.87 bits per heavy atom. The molecule has 0 amide bonds. The van der Waals surface area contributed by atoms with Gasteiger partial charge in [-0.25, -0.2) is 19.3 Å². The van der Waals surface area contributed by atoms with E-state index in [0.29, 0.717) is 28.3 Å². The molecule has 30 heavy (non-hydrogen) atoms. The zero-order chi connectivity index (χ0) is 21.3. The van der Waals surface area contributed by atoms with Crippen LogP contribution in [0.15, 0.2) is 79.9 Å². The van der Waals surface area contributed by atoms with Gasteiger partial charge in [0.05, 0.1) is 18.2 Å². The zero-order valence-corrected chi connectivity index (χ0v) is 16.4. The fraction of sp³-hybridized carbons (Fsp3) is 0.0417. The molecule has 5 nitrogen and oxygen atoms in total. The molecular formula is C24H19FN4O. The zero-order valence-electron chi connectivity index (χ0n) is 16.4. The summed E-state index contributed by atoms with van der Waals surface area (Å²) in [5.41, 5.74) is 9.01. The van der Waals surface area contributed by atoms with Crippen molar-refractivity contribution >= 4 is 33.2 Å². The number of aromatic nitrogens is 3. The summed E-state index contributed by atoms with van der Waals surface area (Å²) >= 11 is 0. The second-order valence-electron chi connectivity index (χ2n) is 6.53. The lowest BCUT2D eigenvalue weighted by Crippen LogP contribution is -1.98. The standard InChI is InChI=1S/C24H19FN4O/c1-4-14(19(25)5-2)20-13-18(17-7-6-11-28-24(17)29-20)15-8-9-21(30-3)22-16(15)10-12-27-23(22)26/h4-13H,1-2H2,3H3,(H2,26,27)/b19-14-. The molecule has 6 heteroatoms. The minimum Gasteiger partial charge on any atom is -0.496 e. The molecule has 3 heterocycles. The lowest BCUT2D eigenvalue weighted by molar-refractivity contribution is 0.420. The van der Waals surface area contributed by atoms with Crippen LogP contribution in [0.2, 0.25) is 0 Å². The van der Waals surface area contributed by atoms with E-state index < -0.39 is 5.83 Å². The molecule has 0 aliphatic heterocycles. The summed E-state index contributed by atoms with van der Waals surface area (Å²) in [6.07, 6.45) is 5.86. The van der Waals surface area contributed by atoms with E-state index in [0.717, 1.165) is 28.0 Å². The summed E-state index contributed by atoms with van der Waals surface area (Å²) in [6.45, 7) is 7.23. The highest BCUT2D eigenvalue weighted by Gasteiger charge is 2.17. The average Bonchev–Trinajstić information content (AvgIpc) is 2.78. The summed E-state index contributed by atoms with van der Waals surface area (Å²) in [4.78, 5) is 13.1. The number of halogens is 1.